The van der Waals surface area contributed by atoms with Gasteiger partial charge in [-0.25, -0.2) is 0 Å². The molecule has 1 N–H and O–H groups in total. The number of nitrogens with one attached hydrogen (secondary N) is 1. The molecular weight excluding hydrogens is 300 g/mol. The normalized spacial score (nSPS) is 17.8. The van der Waals surface area contributed by atoms with Gasteiger partial charge in [0.25, 0.3) is 5.69 Å². The molecule has 0 amide bonds. The second kappa shape index (κ2) is 5.62. The number of anilines is 2. The molecule has 0 unspecified atom stereocenters. The fourth-order valence-electron chi connectivity index (χ4n) is 3.56. The zero-order valence-electron chi connectivity index (χ0n) is 14.7. The summed E-state index contributed by atoms with van der Waals surface area (Å²) in [7, 11) is 0. The average molecular weight is 324 g/mol. The van der Waals surface area contributed by atoms with E-state index in [0.29, 0.717) is 5.69 Å². The van der Waals surface area contributed by atoms with Crippen LogP contribution in [0.15, 0.2) is 42.5 Å². The molecule has 0 radical (unpaired) electrons. The van der Waals surface area contributed by atoms with Crippen LogP contribution in [0.2, 0.25) is 0 Å². The van der Waals surface area contributed by atoms with Crippen molar-refractivity contribution < 1.29 is 4.92 Å². The number of fused-ring (bicyclic) bond motifs is 1. The molecule has 0 atom stereocenters. The SMILES string of the molecule is CC1(C)CCC(C)(C)c2cc(Nc3ccccc3[N+](=O)[O-])ccc21. The quantitative estimate of drug-likeness (QED) is 0.583. The van der Waals surface area contributed by atoms with Crippen LogP contribution in [0.1, 0.15) is 51.7 Å². The third-order valence-corrected chi connectivity index (χ3v) is 5.23. The second-order valence-electron chi connectivity index (χ2n) is 7.93. The van der Waals surface area contributed by atoms with Crippen molar-refractivity contribution in [2.45, 2.75) is 51.4 Å². The van der Waals surface area contributed by atoms with Crippen molar-refractivity contribution >= 4 is 17.1 Å². The van der Waals surface area contributed by atoms with Gasteiger partial charge in [-0.05, 0) is 53.0 Å². The first-order valence-corrected chi connectivity index (χ1v) is 8.36. The van der Waals surface area contributed by atoms with Gasteiger partial charge in [0.05, 0.1) is 4.92 Å². The van der Waals surface area contributed by atoms with E-state index in [1.165, 1.54) is 23.6 Å². The van der Waals surface area contributed by atoms with Crippen LogP contribution in [0.3, 0.4) is 0 Å². The van der Waals surface area contributed by atoms with Crippen molar-refractivity contribution in [3.8, 4) is 0 Å². The van der Waals surface area contributed by atoms with Gasteiger partial charge in [0.2, 0.25) is 0 Å². The van der Waals surface area contributed by atoms with E-state index in [4.69, 9.17) is 0 Å². The Labute approximate surface area is 143 Å². The summed E-state index contributed by atoms with van der Waals surface area (Å²) in [4.78, 5) is 10.8. The molecular formula is C20H24N2O2. The molecule has 0 spiro atoms. The van der Waals surface area contributed by atoms with Crippen molar-refractivity contribution in [1.82, 2.24) is 0 Å². The Morgan fingerprint density at radius 2 is 1.58 bits per heavy atom. The maximum Gasteiger partial charge on any atom is 0.292 e. The standard InChI is InChI=1S/C20H24N2O2/c1-19(2)11-12-20(3,4)16-13-14(9-10-15(16)19)21-17-7-5-6-8-18(17)22(23)24/h5-10,13,21H,11-12H2,1-4H3. The Bertz CT molecular complexity index is 794. The second-order valence-corrected chi connectivity index (χ2v) is 7.93. The Morgan fingerprint density at radius 3 is 2.25 bits per heavy atom. The van der Waals surface area contributed by atoms with Crippen molar-refractivity contribution in [1.29, 1.82) is 0 Å². The van der Waals surface area contributed by atoms with Crippen LogP contribution >= 0.6 is 0 Å². The van der Waals surface area contributed by atoms with Crippen LogP contribution in [0, 0.1) is 10.1 Å². The lowest BCUT2D eigenvalue weighted by Gasteiger charge is -2.42. The summed E-state index contributed by atoms with van der Waals surface area (Å²) in [5.74, 6) is 0. The maximum absolute atomic E-state index is 11.2. The molecule has 0 bridgehead atoms. The smallest absolute Gasteiger partial charge is 0.292 e. The fourth-order valence-corrected chi connectivity index (χ4v) is 3.56. The topological polar surface area (TPSA) is 55.2 Å². The van der Waals surface area contributed by atoms with Gasteiger partial charge in [-0.15, -0.1) is 0 Å². The highest BCUT2D eigenvalue weighted by Gasteiger charge is 2.37. The minimum absolute atomic E-state index is 0.0924. The predicted molar refractivity (Wildman–Crippen MR) is 98.1 cm³/mol. The molecule has 0 saturated carbocycles. The molecule has 24 heavy (non-hydrogen) atoms. The molecule has 4 nitrogen and oxygen atoms in total. The van der Waals surface area contributed by atoms with E-state index in [9.17, 15) is 10.1 Å². The van der Waals surface area contributed by atoms with Gasteiger partial charge >= 0.3 is 0 Å². The molecule has 2 aromatic carbocycles. The minimum Gasteiger partial charge on any atom is -0.350 e. The highest BCUT2D eigenvalue weighted by Crippen LogP contribution is 2.46. The van der Waals surface area contributed by atoms with Crippen LogP contribution in [0.4, 0.5) is 17.1 Å². The monoisotopic (exact) mass is 324 g/mol. The summed E-state index contributed by atoms with van der Waals surface area (Å²) in [5.41, 5.74) is 4.51. The Morgan fingerprint density at radius 1 is 0.958 bits per heavy atom. The molecule has 0 aromatic heterocycles. The number of nitro groups is 1. The highest BCUT2D eigenvalue weighted by atomic mass is 16.6. The maximum atomic E-state index is 11.2. The first kappa shape index (κ1) is 16.5. The minimum atomic E-state index is -0.353. The van der Waals surface area contributed by atoms with E-state index in [1.807, 2.05) is 6.07 Å². The Hall–Kier alpha value is -2.36. The number of rotatable bonds is 3. The first-order chi connectivity index (χ1) is 11.2. The molecule has 2 aromatic rings. The average Bonchev–Trinajstić information content (AvgIpc) is 2.52. The highest BCUT2D eigenvalue weighted by molar-refractivity contribution is 5.70. The summed E-state index contributed by atoms with van der Waals surface area (Å²) in [5, 5.41) is 14.4. The summed E-state index contributed by atoms with van der Waals surface area (Å²) < 4.78 is 0. The fraction of sp³-hybridized carbons (Fsp3) is 0.400. The lowest BCUT2D eigenvalue weighted by atomic mass is 9.63. The molecule has 0 heterocycles. The number of hydrogen-bond donors (Lipinski definition) is 1. The summed E-state index contributed by atoms with van der Waals surface area (Å²) in [6.45, 7) is 9.12. The van der Waals surface area contributed by atoms with Gasteiger partial charge in [0.15, 0.2) is 0 Å². The van der Waals surface area contributed by atoms with Gasteiger partial charge in [-0.3, -0.25) is 10.1 Å². The lowest BCUT2D eigenvalue weighted by Crippen LogP contribution is -2.33. The van der Waals surface area contributed by atoms with E-state index in [2.05, 4.69) is 45.1 Å². The molecule has 0 saturated heterocycles. The van der Waals surface area contributed by atoms with E-state index < -0.39 is 0 Å². The third-order valence-electron chi connectivity index (χ3n) is 5.23. The lowest BCUT2D eigenvalue weighted by molar-refractivity contribution is -0.383. The third kappa shape index (κ3) is 2.88. The molecule has 1 aliphatic rings. The van der Waals surface area contributed by atoms with Crippen LogP contribution < -0.4 is 5.32 Å². The number of para-hydroxylation sites is 2. The zero-order valence-corrected chi connectivity index (χ0v) is 14.7. The Kier molecular flexibility index (Phi) is 3.86. The van der Waals surface area contributed by atoms with Crippen LogP contribution in [0.25, 0.3) is 0 Å². The molecule has 4 heteroatoms. The van der Waals surface area contributed by atoms with Crippen LogP contribution in [-0.4, -0.2) is 4.92 Å². The molecule has 3 rings (SSSR count). The van der Waals surface area contributed by atoms with Crippen molar-refractivity contribution in [2.24, 2.45) is 0 Å². The van der Waals surface area contributed by atoms with Crippen molar-refractivity contribution in [3.05, 3.63) is 63.7 Å². The van der Waals surface area contributed by atoms with Crippen LogP contribution in [-0.2, 0) is 10.8 Å². The molecule has 0 fully saturated rings. The van der Waals surface area contributed by atoms with Crippen molar-refractivity contribution in [2.75, 3.05) is 5.32 Å². The van der Waals surface area contributed by atoms with Gasteiger partial charge in [0, 0.05) is 11.8 Å². The molecule has 1 aliphatic carbocycles. The molecule has 0 aliphatic heterocycles. The summed E-state index contributed by atoms with van der Waals surface area (Å²) in [6, 6.07) is 13.1. The number of benzene rings is 2. The Balaban J connectivity index is 2.02. The van der Waals surface area contributed by atoms with Gasteiger partial charge < -0.3 is 5.32 Å². The first-order valence-electron chi connectivity index (χ1n) is 8.36. The number of nitrogens with zero attached hydrogens (tertiary/aromatic N) is 1. The van der Waals surface area contributed by atoms with Crippen molar-refractivity contribution in [3.63, 3.8) is 0 Å². The van der Waals surface area contributed by atoms with E-state index in [0.717, 1.165) is 12.1 Å². The number of hydrogen-bond acceptors (Lipinski definition) is 3. The van der Waals surface area contributed by atoms with Gasteiger partial charge in [-0.2, -0.15) is 0 Å². The van der Waals surface area contributed by atoms with Gasteiger partial charge in [0.1, 0.15) is 5.69 Å². The molecule has 126 valence electrons. The largest absolute Gasteiger partial charge is 0.350 e. The zero-order chi connectivity index (χ0) is 17.5. The van der Waals surface area contributed by atoms with E-state index in [-0.39, 0.29) is 21.4 Å². The summed E-state index contributed by atoms with van der Waals surface area (Å²) in [6.07, 6.45) is 2.31. The predicted octanol–water partition coefficient (Wildman–Crippen LogP) is 5.69. The van der Waals surface area contributed by atoms with E-state index >= 15 is 0 Å². The summed E-state index contributed by atoms with van der Waals surface area (Å²) >= 11 is 0. The van der Waals surface area contributed by atoms with E-state index in [1.54, 1.807) is 18.2 Å². The van der Waals surface area contributed by atoms with Gasteiger partial charge in [-0.1, -0.05) is 45.9 Å². The van der Waals surface area contributed by atoms with Crippen LogP contribution in [0.5, 0.6) is 0 Å². The number of nitro benzene ring substituents is 1.